The lowest BCUT2D eigenvalue weighted by molar-refractivity contribution is -0.149. The number of methoxy groups -OCH3 is 4. The Labute approximate surface area is 163 Å². The third-order valence-electron chi connectivity index (χ3n) is 4.61. The number of carbonyl (C=O) groups excluding carboxylic acids is 3. The molecule has 0 N–H and O–H groups in total. The number of carbonyl (C=O) groups is 3. The summed E-state index contributed by atoms with van der Waals surface area (Å²) >= 11 is 0. The predicted octanol–water partition coefficient (Wildman–Crippen LogP) is 1.28. The summed E-state index contributed by atoms with van der Waals surface area (Å²) in [6.07, 6.45) is 1.05. The predicted molar refractivity (Wildman–Crippen MR) is 97.7 cm³/mol. The third-order valence-corrected chi connectivity index (χ3v) is 4.61. The summed E-state index contributed by atoms with van der Waals surface area (Å²) in [6, 6.07) is 2.91. The van der Waals surface area contributed by atoms with Crippen molar-refractivity contribution in [2.45, 2.75) is 12.8 Å². The Bertz CT molecular complexity index is 700. The molecule has 1 saturated heterocycles. The van der Waals surface area contributed by atoms with Crippen molar-refractivity contribution in [3.8, 4) is 17.2 Å². The van der Waals surface area contributed by atoms with E-state index in [2.05, 4.69) is 0 Å². The minimum Gasteiger partial charge on any atom is -0.493 e. The van der Waals surface area contributed by atoms with E-state index < -0.39 is 12.6 Å². The summed E-state index contributed by atoms with van der Waals surface area (Å²) in [5.41, 5.74) is 0.173. The Morgan fingerprint density at radius 2 is 1.54 bits per heavy atom. The summed E-state index contributed by atoms with van der Waals surface area (Å²) in [7, 11) is 5.69. The van der Waals surface area contributed by atoms with Gasteiger partial charge in [0.05, 0.1) is 39.9 Å². The van der Waals surface area contributed by atoms with Gasteiger partial charge >= 0.3 is 11.9 Å². The second kappa shape index (κ2) is 9.82. The van der Waals surface area contributed by atoms with Gasteiger partial charge in [0.15, 0.2) is 18.1 Å². The number of hydrogen-bond donors (Lipinski definition) is 0. The number of benzene rings is 1. The Balaban J connectivity index is 1.95. The lowest BCUT2D eigenvalue weighted by atomic mass is 9.97. The van der Waals surface area contributed by atoms with E-state index in [1.807, 2.05) is 0 Å². The molecule has 1 amide bonds. The van der Waals surface area contributed by atoms with E-state index in [0.29, 0.717) is 43.2 Å². The summed E-state index contributed by atoms with van der Waals surface area (Å²) in [5.74, 6) is -0.487. The molecule has 9 nitrogen and oxygen atoms in total. The quantitative estimate of drug-likeness (QED) is 0.637. The van der Waals surface area contributed by atoms with Crippen LogP contribution in [-0.2, 0) is 19.1 Å². The molecule has 1 aliphatic rings. The molecule has 9 heteroatoms. The van der Waals surface area contributed by atoms with Crippen LogP contribution in [0.15, 0.2) is 12.1 Å². The van der Waals surface area contributed by atoms with Crippen LogP contribution in [0.5, 0.6) is 17.2 Å². The Kier molecular flexibility index (Phi) is 7.48. The molecule has 0 radical (unpaired) electrons. The molecule has 1 aromatic carbocycles. The minimum atomic E-state index is -0.683. The van der Waals surface area contributed by atoms with E-state index in [1.165, 1.54) is 40.6 Å². The van der Waals surface area contributed by atoms with Gasteiger partial charge in [0.25, 0.3) is 5.91 Å². The van der Waals surface area contributed by atoms with Crippen LogP contribution < -0.4 is 14.2 Å². The summed E-state index contributed by atoms with van der Waals surface area (Å²) in [5, 5.41) is 0. The topological polar surface area (TPSA) is 101 Å². The SMILES string of the molecule is COC(=O)C1CCN(C(=O)COC(=O)c2cc(OC)c(OC)c(OC)c2)CC1. The zero-order chi connectivity index (χ0) is 20.7. The van der Waals surface area contributed by atoms with Gasteiger partial charge in [0, 0.05) is 13.1 Å². The molecule has 0 unspecified atom stereocenters. The molecule has 1 aromatic rings. The van der Waals surface area contributed by atoms with E-state index >= 15 is 0 Å². The number of esters is 2. The highest BCUT2D eigenvalue weighted by atomic mass is 16.5. The van der Waals surface area contributed by atoms with Gasteiger partial charge < -0.3 is 28.6 Å². The Hall–Kier alpha value is -2.97. The summed E-state index contributed by atoms with van der Waals surface area (Å²) in [6.45, 7) is 0.444. The van der Waals surface area contributed by atoms with Crippen molar-refractivity contribution in [1.29, 1.82) is 0 Å². The molecule has 1 heterocycles. The van der Waals surface area contributed by atoms with Gasteiger partial charge in [0.2, 0.25) is 5.75 Å². The molecule has 1 aliphatic heterocycles. The molecule has 0 atom stereocenters. The molecule has 0 bridgehead atoms. The zero-order valence-electron chi connectivity index (χ0n) is 16.5. The van der Waals surface area contributed by atoms with Crippen LogP contribution in [0.1, 0.15) is 23.2 Å². The average molecular weight is 395 g/mol. The Morgan fingerprint density at radius 1 is 0.964 bits per heavy atom. The largest absolute Gasteiger partial charge is 0.493 e. The normalized spacial score (nSPS) is 14.2. The molecule has 28 heavy (non-hydrogen) atoms. The zero-order valence-corrected chi connectivity index (χ0v) is 16.5. The van der Waals surface area contributed by atoms with Crippen molar-refractivity contribution in [3.63, 3.8) is 0 Å². The maximum absolute atomic E-state index is 12.3. The van der Waals surface area contributed by atoms with Gasteiger partial charge in [-0.2, -0.15) is 0 Å². The van der Waals surface area contributed by atoms with E-state index in [-0.39, 0.29) is 23.4 Å². The lowest BCUT2D eigenvalue weighted by Gasteiger charge is -2.30. The Morgan fingerprint density at radius 3 is 2.00 bits per heavy atom. The van der Waals surface area contributed by atoms with Crippen LogP contribution in [0, 0.1) is 5.92 Å². The summed E-state index contributed by atoms with van der Waals surface area (Å²) in [4.78, 5) is 37.7. The molecule has 1 fully saturated rings. The highest BCUT2D eigenvalue weighted by molar-refractivity contribution is 5.93. The van der Waals surface area contributed by atoms with Gasteiger partial charge in [-0.1, -0.05) is 0 Å². The van der Waals surface area contributed by atoms with Gasteiger partial charge in [0.1, 0.15) is 0 Å². The highest BCUT2D eigenvalue weighted by Crippen LogP contribution is 2.38. The first-order valence-corrected chi connectivity index (χ1v) is 8.77. The van der Waals surface area contributed by atoms with E-state index in [4.69, 9.17) is 23.7 Å². The van der Waals surface area contributed by atoms with Crippen LogP contribution in [0.4, 0.5) is 0 Å². The van der Waals surface area contributed by atoms with Gasteiger partial charge in [-0.15, -0.1) is 0 Å². The van der Waals surface area contributed by atoms with Crippen molar-refractivity contribution in [3.05, 3.63) is 17.7 Å². The molecule has 0 spiro atoms. The van der Waals surface area contributed by atoms with Crippen molar-refractivity contribution in [1.82, 2.24) is 4.90 Å². The molecule has 0 aliphatic carbocycles. The van der Waals surface area contributed by atoms with E-state index in [0.717, 1.165) is 0 Å². The van der Waals surface area contributed by atoms with Crippen LogP contribution in [0.25, 0.3) is 0 Å². The fourth-order valence-corrected chi connectivity index (χ4v) is 3.03. The smallest absolute Gasteiger partial charge is 0.338 e. The van der Waals surface area contributed by atoms with Crippen LogP contribution in [0.3, 0.4) is 0 Å². The number of likely N-dealkylation sites (tertiary alicyclic amines) is 1. The standard InChI is InChI=1S/C19H25NO8/c1-24-14-9-13(10-15(25-2)17(14)26-3)19(23)28-11-16(21)20-7-5-12(6-8-20)18(22)27-4/h9-10,12H,5-8,11H2,1-4H3. The number of hydrogen-bond acceptors (Lipinski definition) is 8. The molecule has 0 saturated carbocycles. The molecule has 0 aromatic heterocycles. The number of ether oxygens (including phenoxy) is 5. The van der Waals surface area contributed by atoms with Crippen molar-refractivity contribution >= 4 is 17.8 Å². The first kappa shape index (κ1) is 21.3. The summed E-state index contributed by atoms with van der Waals surface area (Å²) < 4.78 is 25.5. The van der Waals surface area contributed by atoms with Gasteiger partial charge in [-0.05, 0) is 25.0 Å². The fourth-order valence-electron chi connectivity index (χ4n) is 3.03. The van der Waals surface area contributed by atoms with Crippen LogP contribution in [0.2, 0.25) is 0 Å². The second-order valence-corrected chi connectivity index (χ2v) is 6.17. The van der Waals surface area contributed by atoms with E-state index in [1.54, 1.807) is 4.90 Å². The maximum atomic E-state index is 12.3. The van der Waals surface area contributed by atoms with Crippen molar-refractivity contribution in [2.24, 2.45) is 5.92 Å². The first-order chi connectivity index (χ1) is 13.4. The van der Waals surface area contributed by atoms with Crippen LogP contribution in [-0.4, -0.2) is 70.9 Å². The first-order valence-electron chi connectivity index (χ1n) is 8.77. The van der Waals surface area contributed by atoms with Crippen molar-refractivity contribution in [2.75, 3.05) is 48.1 Å². The number of rotatable bonds is 7. The molecular weight excluding hydrogens is 370 g/mol. The maximum Gasteiger partial charge on any atom is 0.338 e. The third kappa shape index (κ3) is 4.85. The monoisotopic (exact) mass is 395 g/mol. The minimum absolute atomic E-state index is 0.173. The van der Waals surface area contributed by atoms with E-state index in [9.17, 15) is 14.4 Å². The van der Waals surface area contributed by atoms with Gasteiger partial charge in [-0.3, -0.25) is 9.59 Å². The lowest BCUT2D eigenvalue weighted by Crippen LogP contribution is -2.42. The number of piperidine rings is 1. The number of amides is 1. The molecule has 154 valence electrons. The van der Waals surface area contributed by atoms with Gasteiger partial charge in [-0.25, -0.2) is 4.79 Å². The highest BCUT2D eigenvalue weighted by Gasteiger charge is 2.28. The fraction of sp³-hybridized carbons (Fsp3) is 0.526. The molecule has 2 rings (SSSR count). The number of nitrogens with zero attached hydrogens (tertiary/aromatic N) is 1. The van der Waals surface area contributed by atoms with Crippen LogP contribution >= 0.6 is 0 Å². The molecular formula is C19H25NO8. The average Bonchev–Trinajstić information content (AvgIpc) is 2.75. The second-order valence-electron chi connectivity index (χ2n) is 6.17. The van der Waals surface area contributed by atoms with Crippen molar-refractivity contribution < 1.29 is 38.1 Å².